The maximum Gasteiger partial charge on any atom is 0.110 e. The van der Waals surface area contributed by atoms with Crippen molar-refractivity contribution in [2.45, 2.75) is 86.6 Å². The van der Waals surface area contributed by atoms with Crippen molar-refractivity contribution in [1.82, 2.24) is 0 Å². The Morgan fingerprint density at radius 1 is 0.425 bits per heavy atom. The van der Waals surface area contributed by atoms with Gasteiger partial charge in [-0.3, -0.25) is 0 Å². The smallest absolute Gasteiger partial charge is 0.110 e. The molecular weight excluding hydrogens is 540 g/mol. The van der Waals surface area contributed by atoms with Crippen LogP contribution in [-0.2, 0) is 23.7 Å². The first kappa shape index (κ1) is 33.9. The molecule has 0 radical (unpaired) electrons. The molecule has 0 aromatic rings. The molecule has 10 N–H and O–H groups in total. The van der Waals surface area contributed by atoms with Gasteiger partial charge in [0.2, 0.25) is 0 Å². The van der Waals surface area contributed by atoms with E-state index < -0.39 is 111 Å². The molecule has 0 bridgehead atoms. The van der Waals surface area contributed by atoms with Gasteiger partial charge in [-0.25, -0.2) is 0 Å². The average Bonchev–Trinajstić information content (AvgIpc) is 2.96. The molecule has 3 fully saturated rings. The second-order valence-electron chi connectivity index (χ2n) is 10.8. The number of ether oxygens (including phenoxy) is 5. The Kier molecular flexibility index (Phi) is 13.3. The fourth-order valence-electron chi connectivity index (χ4n) is 5.82. The highest BCUT2D eigenvalue weighted by Crippen LogP contribution is 2.31. The topological polar surface area (TPSA) is 248 Å². The molecule has 236 valence electrons. The molecule has 0 spiro atoms. The summed E-state index contributed by atoms with van der Waals surface area (Å²) in [6.07, 6.45) is -13.1. The molecule has 3 rings (SSSR count). The highest BCUT2D eigenvalue weighted by atomic mass is 16.6. The van der Waals surface area contributed by atoms with E-state index in [0.717, 1.165) is 0 Å². The molecule has 15 heteroatoms. The summed E-state index contributed by atoms with van der Waals surface area (Å²) in [7, 11) is 0. The van der Waals surface area contributed by atoms with Gasteiger partial charge in [-0.1, -0.05) is 6.92 Å². The van der Waals surface area contributed by atoms with Gasteiger partial charge in [0.15, 0.2) is 0 Å². The predicted molar refractivity (Wildman–Crippen MR) is 133 cm³/mol. The van der Waals surface area contributed by atoms with Gasteiger partial charge >= 0.3 is 0 Å². The number of hydrogen-bond donors (Lipinski definition) is 10. The fourth-order valence-corrected chi connectivity index (χ4v) is 5.82. The Balaban J connectivity index is 1.51. The third-order valence-corrected chi connectivity index (χ3v) is 8.37. The molecule has 0 amide bonds. The molecule has 0 aliphatic carbocycles. The van der Waals surface area contributed by atoms with E-state index in [4.69, 9.17) is 23.7 Å². The maximum absolute atomic E-state index is 10.8. The van der Waals surface area contributed by atoms with Crippen LogP contribution in [0.2, 0.25) is 0 Å². The first-order chi connectivity index (χ1) is 19.1. The van der Waals surface area contributed by atoms with Crippen molar-refractivity contribution in [3.8, 4) is 0 Å². The van der Waals surface area contributed by atoms with E-state index in [-0.39, 0.29) is 33.0 Å². The monoisotopic (exact) mass is 586 g/mol. The molecule has 6 unspecified atom stereocenters. The standard InChI is InChI=1S/C25H46O15/c1-2-11-14(3-26)39-18(24(34)20(11)30)9-37-8-13-16(5-28)40-19(25(35)22(13)32)10-36-7-12-15(4-27)38-17(6-29)23(33)21(12)31/h11-35H,2-10H2,1H3/t11-,12-,13-,14?,15?,16?,17+,18+,19+,20-,21-,22-,23?,24?,25?/m1/s1. The van der Waals surface area contributed by atoms with Crippen molar-refractivity contribution in [1.29, 1.82) is 0 Å². The zero-order valence-corrected chi connectivity index (χ0v) is 22.5. The minimum absolute atomic E-state index is 0.185. The van der Waals surface area contributed by atoms with E-state index in [1.807, 2.05) is 6.92 Å². The highest BCUT2D eigenvalue weighted by Gasteiger charge is 2.47. The Labute approximate surface area is 232 Å². The second kappa shape index (κ2) is 15.7. The summed E-state index contributed by atoms with van der Waals surface area (Å²) in [6.45, 7) is -0.924. The summed E-state index contributed by atoms with van der Waals surface area (Å²) >= 11 is 0. The van der Waals surface area contributed by atoms with E-state index in [2.05, 4.69) is 0 Å². The molecular formula is C25H46O15. The van der Waals surface area contributed by atoms with Crippen LogP contribution in [0.5, 0.6) is 0 Å². The lowest BCUT2D eigenvalue weighted by Gasteiger charge is -2.44. The van der Waals surface area contributed by atoms with E-state index in [1.165, 1.54) is 0 Å². The number of hydrogen-bond acceptors (Lipinski definition) is 15. The van der Waals surface area contributed by atoms with E-state index in [9.17, 15) is 51.1 Å². The van der Waals surface area contributed by atoms with Crippen molar-refractivity contribution >= 4 is 0 Å². The average molecular weight is 587 g/mol. The highest BCUT2D eigenvalue weighted by molar-refractivity contribution is 4.95. The van der Waals surface area contributed by atoms with Crippen molar-refractivity contribution in [2.75, 3.05) is 52.9 Å². The van der Waals surface area contributed by atoms with Crippen LogP contribution in [0.4, 0.5) is 0 Å². The first-order valence-corrected chi connectivity index (χ1v) is 13.8. The molecule has 0 aromatic carbocycles. The summed E-state index contributed by atoms with van der Waals surface area (Å²) in [5.74, 6) is -2.15. The van der Waals surface area contributed by atoms with Crippen LogP contribution in [0.15, 0.2) is 0 Å². The van der Waals surface area contributed by atoms with E-state index >= 15 is 0 Å². The fraction of sp³-hybridized carbons (Fsp3) is 1.00. The summed E-state index contributed by atoms with van der Waals surface area (Å²) < 4.78 is 28.1. The van der Waals surface area contributed by atoms with Gasteiger partial charge in [0.05, 0.1) is 89.5 Å². The van der Waals surface area contributed by atoms with Crippen LogP contribution in [0.3, 0.4) is 0 Å². The molecule has 3 heterocycles. The lowest BCUT2D eigenvalue weighted by atomic mass is 9.85. The normalized spacial score (nSPS) is 46.4. The van der Waals surface area contributed by atoms with Crippen molar-refractivity contribution in [2.24, 2.45) is 17.8 Å². The van der Waals surface area contributed by atoms with E-state index in [0.29, 0.717) is 6.42 Å². The van der Waals surface area contributed by atoms with Crippen LogP contribution in [-0.4, -0.2) is 177 Å². The van der Waals surface area contributed by atoms with Gasteiger partial charge < -0.3 is 74.7 Å². The summed E-state index contributed by atoms with van der Waals surface area (Å²) in [4.78, 5) is 0. The number of rotatable bonds is 13. The summed E-state index contributed by atoms with van der Waals surface area (Å²) in [6, 6.07) is 0. The number of aliphatic hydroxyl groups is 10. The third-order valence-electron chi connectivity index (χ3n) is 8.37. The molecule has 15 atom stereocenters. The molecule has 3 aliphatic heterocycles. The van der Waals surface area contributed by atoms with Crippen LogP contribution < -0.4 is 0 Å². The zero-order chi connectivity index (χ0) is 29.6. The largest absolute Gasteiger partial charge is 0.394 e. The van der Waals surface area contributed by atoms with Crippen LogP contribution in [0.1, 0.15) is 13.3 Å². The van der Waals surface area contributed by atoms with E-state index in [1.54, 1.807) is 0 Å². The van der Waals surface area contributed by atoms with Gasteiger partial charge in [0, 0.05) is 17.8 Å². The SMILES string of the molecule is CC[C@@H]1C(CO)O[C@@H](COC[C@@H]2C(CO)O[C@@H](COC[C@@H]3C(CO)O[C@@H](CO)C(O)[C@@H]3O)C(O)[C@@H]2O)C(O)[C@@H]1O. The zero-order valence-electron chi connectivity index (χ0n) is 22.5. The number of aliphatic hydroxyl groups excluding tert-OH is 10. The molecule has 15 nitrogen and oxygen atoms in total. The van der Waals surface area contributed by atoms with Crippen molar-refractivity contribution < 1.29 is 74.7 Å². The lowest BCUT2D eigenvalue weighted by molar-refractivity contribution is -0.247. The Hall–Kier alpha value is -0.600. The van der Waals surface area contributed by atoms with Gasteiger partial charge in [-0.15, -0.1) is 0 Å². The maximum atomic E-state index is 10.8. The van der Waals surface area contributed by atoms with Crippen LogP contribution in [0.25, 0.3) is 0 Å². The molecule has 0 aromatic heterocycles. The molecule has 40 heavy (non-hydrogen) atoms. The van der Waals surface area contributed by atoms with Crippen molar-refractivity contribution in [3.05, 3.63) is 0 Å². The summed E-state index contributed by atoms with van der Waals surface area (Å²) in [5.41, 5.74) is 0. The lowest BCUT2D eigenvalue weighted by Crippen LogP contribution is -2.59. The van der Waals surface area contributed by atoms with Crippen LogP contribution >= 0.6 is 0 Å². The Morgan fingerprint density at radius 2 is 0.750 bits per heavy atom. The molecule has 3 saturated heterocycles. The van der Waals surface area contributed by atoms with Gasteiger partial charge in [-0.05, 0) is 6.42 Å². The molecule has 0 saturated carbocycles. The van der Waals surface area contributed by atoms with Gasteiger partial charge in [-0.2, -0.15) is 0 Å². The quantitative estimate of drug-likeness (QED) is 0.0968. The van der Waals surface area contributed by atoms with Gasteiger partial charge in [0.25, 0.3) is 0 Å². The second-order valence-corrected chi connectivity index (χ2v) is 10.8. The van der Waals surface area contributed by atoms with Crippen LogP contribution in [0, 0.1) is 17.8 Å². The van der Waals surface area contributed by atoms with Gasteiger partial charge in [0.1, 0.15) is 36.6 Å². The first-order valence-electron chi connectivity index (χ1n) is 13.8. The summed E-state index contributed by atoms with van der Waals surface area (Å²) in [5, 5.41) is 101. The minimum atomic E-state index is -1.44. The molecule has 3 aliphatic rings. The van der Waals surface area contributed by atoms with Crippen molar-refractivity contribution in [3.63, 3.8) is 0 Å². The minimum Gasteiger partial charge on any atom is -0.394 e. The Bertz CT molecular complexity index is 726. The Morgan fingerprint density at radius 3 is 1.12 bits per heavy atom. The predicted octanol–water partition coefficient (Wildman–Crippen LogP) is -5.28. The third kappa shape index (κ3) is 7.48.